The Kier molecular flexibility index (Phi) is 4.37. The second kappa shape index (κ2) is 6.02. The number of nitro benzene ring substituents is 1. The Labute approximate surface area is 112 Å². The molecule has 19 heavy (non-hydrogen) atoms. The number of benzene rings is 1. The van der Waals surface area contributed by atoms with Crippen LogP contribution in [0.25, 0.3) is 0 Å². The molecule has 1 aromatic carbocycles. The molecule has 5 heteroatoms. The molecule has 2 unspecified atom stereocenters. The van der Waals surface area contributed by atoms with Crippen molar-refractivity contribution < 1.29 is 9.66 Å². The number of rotatable bonds is 4. The maximum Gasteiger partial charge on any atom is 0.311 e. The van der Waals surface area contributed by atoms with Gasteiger partial charge >= 0.3 is 5.69 Å². The van der Waals surface area contributed by atoms with E-state index in [9.17, 15) is 10.1 Å². The highest BCUT2D eigenvalue weighted by Crippen LogP contribution is 2.35. The molecule has 0 saturated heterocycles. The molecule has 104 valence electrons. The third kappa shape index (κ3) is 3.04. The Bertz CT molecular complexity index is 462. The summed E-state index contributed by atoms with van der Waals surface area (Å²) in [4.78, 5) is 10.7. The van der Waals surface area contributed by atoms with Gasteiger partial charge in [0.25, 0.3) is 0 Å². The van der Waals surface area contributed by atoms with Gasteiger partial charge in [0, 0.05) is 12.0 Å². The Morgan fingerprint density at radius 2 is 2.16 bits per heavy atom. The summed E-state index contributed by atoms with van der Waals surface area (Å²) in [6, 6.07) is 5.01. The van der Waals surface area contributed by atoms with Gasteiger partial charge in [-0.25, -0.2) is 0 Å². The molecule has 2 N–H and O–H groups in total. The number of nitrogens with two attached hydrogens (primary N) is 1. The van der Waals surface area contributed by atoms with Crippen molar-refractivity contribution in [1.29, 1.82) is 0 Å². The van der Waals surface area contributed by atoms with Crippen LogP contribution in [0.5, 0.6) is 5.75 Å². The Morgan fingerprint density at radius 3 is 2.84 bits per heavy atom. The van der Waals surface area contributed by atoms with Gasteiger partial charge in [0.1, 0.15) is 6.10 Å². The summed E-state index contributed by atoms with van der Waals surface area (Å²) in [6.07, 6.45) is 4.23. The standard InChI is InChI=1S/C14H20N2O3/c1-10-5-4-7-12(16(17)18)14(10)19-13-8-3-2-6-11(13)9-15/h4-5,7,11,13H,2-3,6,8-9,15H2,1H3. The minimum absolute atomic E-state index is 0.00134. The predicted molar refractivity (Wildman–Crippen MR) is 73.3 cm³/mol. The fourth-order valence-corrected chi connectivity index (χ4v) is 2.68. The Hall–Kier alpha value is -1.62. The summed E-state index contributed by atoms with van der Waals surface area (Å²) in [7, 11) is 0. The maximum absolute atomic E-state index is 11.1. The second-order valence-electron chi connectivity index (χ2n) is 5.12. The van der Waals surface area contributed by atoms with Crippen LogP contribution in [0, 0.1) is 23.0 Å². The van der Waals surface area contributed by atoms with Crippen LogP contribution in [0.2, 0.25) is 0 Å². The molecule has 0 aromatic heterocycles. The number of hydrogen-bond donors (Lipinski definition) is 1. The van der Waals surface area contributed by atoms with Crippen molar-refractivity contribution in [2.75, 3.05) is 6.54 Å². The summed E-state index contributed by atoms with van der Waals surface area (Å²) in [5, 5.41) is 11.1. The predicted octanol–water partition coefficient (Wildman–Crippen LogP) is 2.80. The van der Waals surface area contributed by atoms with E-state index in [1.54, 1.807) is 6.07 Å². The zero-order chi connectivity index (χ0) is 13.8. The van der Waals surface area contributed by atoms with Crippen LogP contribution in [0.4, 0.5) is 5.69 Å². The smallest absolute Gasteiger partial charge is 0.311 e. The molecule has 1 fully saturated rings. The Morgan fingerprint density at radius 1 is 1.42 bits per heavy atom. The van der Waals surface area contributed by atoms with Crippen LogP contribution in [0.3, 0.4) is 0 Å². The number of hydrogen-bond acceptors (Lipinski definition) is 4. The summed E-state index contributed by atoms with van der Waals surface area (Å²) in [5.74, 6) is 0.700. The van der Waals surface area contributed by atoms with Crippen LogP contribution in [0.15, 0.2) is 18.2 Å². The Balaban J connectivity index is 2.24. The molecule has 1 aromatic rings. The van der Waals surface area contributed by atoms with Crippen LogP contribution >= 0.6 is 0 Å². The van der Waals surface area contributed by atoms with Crippen LogP contribution in [-0.4, -0.2) is 17.6 Å². The quantitative estimate of drug-likeness (QED) is 0.670. The fraction of sp³-hybridized carbons (Fsp3) is 0.571. The van der Waals surface area contributed by atoms with Crippen molar-refractivity contribution in [2.45, 2.75) is 38.7 Å². The molecular weight excluding hydrogens is 244 g/mol. The lowest BCUT2D eigenvalue weighted by Gasteiger charge is -2.31. The molecule has 1 aliphatic rings. The molecule has 0 radical (unpaired) electrons. The van der Waals surface area contributed by atoms with E-state index in [1.165, 1.54) is 6.07 Å². The largest absolute Gasteiger partial charge is 0.483 e. The minimum Gasteiger partial charge on any atom is -0.483 e. The van der Waals surface area contributed by atoms with Crippen molar-refractivity contribution in [1.82, 2.24) is 0 Å². The average molecular weight is 264 g/mol. The highest BCUT2D eigenvalue weighted by molar-refractivity contribution is 5.51. The first-order valence-corrected chi connectivity index (χ1v) is 6.74. The molecule has 5 nitrogen and oxygen atoms in total. The van der Waals surface area contributed by atoms with E-state index in [1.807, 2.05) is 13.0 Å². The summed E-state index contributed by atoms with van der Waals surface area (Å²) < 4.78 is 5.96. The summed E-state index contributed by atoms with van der Waals surface area (Å²) >= 11 is 0. The second-order valence-corrected chi connectivity index (χ2v) is 5.12. The number of aryl methyl sites for hydroxylation is 1. The lowest BCUT2D eigenvalue weighted by atomic mass is 9.86. The first-order chi connectivity index (χ1) is 9.13. The van der Waals surface area contributed by atoms with Gasteiger partial charge in [-0.05, 0) is 38.3 Å². The van der Waals surface area contributed by atoms with Gasteiger partial charge < -0.3 is 10.5 Å². The normalized spacial score (nSPS) is 23.1. The number of nitro groups is 1. The monoisotopic (exact) mass is 264 g/mol. The van der Waals surface area contributed by atoms with E-state index in [-0.39, 0.29) is 16.7 Å². The third-order valence-corrected chi connectivity index (χ3v) is 3.80. The highest BCUT2D eigenvalue weighted by Gasteiger charge is 2.28. The van der Waals surface area contributed by atoms with Crippen LogP contribution in [-0.2, 0) is 0 Å². The van der Waals surface area contributed by atoms with Crippen molar-refractivity contribution >= 4 is 5.69 Å². The number of ether oxygens (including phenoxy) is 1. The molecule has 0 aliphatic heterocycles. The first-order valence-electron chi connectivity index (χ1n) is 6.74. The van der Waals surface area contributed by atoms with Crippen molar-refractivity contribution in [3.63, 3.8) is 0 Å². The summed E-state index contributed by atoms with van der Waals surface area (Å²) in [5.41, 5.74) is 6.61. The van der Waals surface area contributed by atoms with Gasteiger partial charge in [-0.3, -0.25) is 10.1 Å². The summed E-state index contributed by atoms with van der Waals surface area (Å²) in [6.45, 7) is 2.41. The van der Waals surface area contributed by atoms with Crippen molar-refractivity contribution in [3.8, 4) is 5.75 Å². The number of para-hydroxylation sites is 1. The molecular formula is C14H20N2O3. The van der Waals surface area contributed by atoms with Gasteiger partial charge in [0.2, 0.25) is 0 Å². The van der Waals surface area contributed by atoms with E-state index in [4.69, 9.17) is 10.5 Å². The topological polar surface area (TPSA) is 78.4 Å². The van der Waals surface area contributed by atoms with E-state index in [0.29, 0.717) is 18.2 Å². The van der Waals surface area contributed by atoms with Crippen molar-refractivity contribution in [3.05, 3.63) is 33.9 Å². The molecule has 2 rings (SSSR count). The molecule has 0 spiro atoms. The molecule has 1 saturated carbocycles. The molecule has 1 aliphatic carbocycles. The molecule has 0 bridgehead atoms. The zero-order valence-electron chi connectivity index (χ0n) is 11.2. The van der Waals surface area contributed by atoms with E-state index < -0.39 is 0 Å². The van der Waals surface area contributed by atoms with E-state index >= 15 is 0 Å². The molecule has 2 atom stereocenters. The van der Waals surface area contributed by atoms with E-state index in [0.717, 1.165) is 31.2 Å². The van der Waals surface area contributed by atoms with Gasteiger partial charge in [-0.15, -0.1) is 0 Å². The van der Waals surface area contributed by atoms with Gasteiger partial charge in [-0.2, -0.15) is 0 Å². The van der Waals surface area contributed by atoms with Crippen LogP contribution < -0.4 is 10.5 Å². The van der Waals surface area contributed by atoms with Gasteiger partial charge in [-0.1, -0.05) is 18.6 Å². The first kappa shape index (κ1) is 13.8. The zero-order valence-corrected chi connectivity index (χ0v) is 11.2. The van der Waals surface area contributed by atoms with Gasteiger partial charge in [0.05, 0.1) is 4.92 Å². The van der Waals surface area contributed by atoms with E-state index in [2.05, 4.69) is 0 Å². The SMILES string of the molecule is Cc1cccc([N+](=O)[O-])c1OC1CCCCC1CN. The fourth-order valence-electron chi connectivity index (χ4n) is 2.68. The number of nitrogens with zero attached hydrogens (tertiary/aromatic N) is 1. The minimum atomic E-state index is -0.386. The lowest BCUT2D eigenvalue weighted by Crippen LogP contribution is -2.35. The van der Waals surface area contributed by atoms with Crippen molar-refractivity contribution in [2.24, 2.45) is 11.7 Å². The highest BCUT2D eigenvalue weighted by atomic mass is 16.6. The third-order valence-electron chi connectivity index (χ3n) is 3.80. The van der Waals surface area contributed by atoms with Gasteiger partial charge in [0.15, 0.2) is 5.75 Å². The van der Waals surface area contributed by atoms with Crippen LogP contribution in [0.1, 0.15) is 31.2 Å². The maximum atomic E-state index is 11.1. The molecule has 0 amide bonds. The average Bonchev–Trinajstić information content (AvgIpc) is 2.41. The molecule has 0 heterocycles. The lowest BCUT2D eigenvalue weighted by molar-refractivity contribution is -0.386.